The molecule has 1 amide bonds. The van der Waals surface area contributed by atoms with Gasteiger partial charge in [0.2, 0.25) is 0 Å². The van der Waals surface area contributed by atoms with E-state index in [0.717, 1.165) is 24.1 Å². The minimum Gasteiger partial charge on any atom is -0.490 e. The maximum atomic E-state index is 11.8. The van der Waals surface area contributed by atoms with Gasteiger partial charge in [-0.1, -0.05) is 0 Å². The van der Waals surface area contributed by atoms with Gasteiger partial charge in [0, 0.05) is 17.6 Å². The summed E-state index contributed by atoms with van der Waals surface area (Å²) < 4.78 is 12.1. The van der Waals surface area contributed by atoms with Crippen LogP contribution in [-0.2, 0) is 0 Å². The molecular weight excluding hydrogens is 318 g/mol. The summed E-state index contributed by atoms with van der Waals surface area (Å²) >= 11 is 0. The highest BCUT2D eigenvalue weighted by Gasteiger charge is 2.41. The van der Waals surface area contributed by atoms with Gasteiger partial charge in [-0.2, -0.15) is 0 Å². The largest absolute Gasteiger partial charge is 0.490 e. The molecule has 0 spiro atoms. The maximum absolute atomic E-state index is 11.8. The van der Waals surface area contributed by atoms with Gasteiger partial charge in [0.05, 0.1) is 17.2 Å². The van der Waals surface area contributed by atoms with E-state index in [2.05, 4.69) is 10.3 Å². The molecular formula is C19H23N3O3. The second-order valence-electron chi connectivity index (χ2n) is 7.21. The van der Waals surface area contributed by atoms with E-state index in [1.807, 2.05) is 26.0 Å². The third kappa shape index (κ3) is 3.02. The number of nitrogens with one attached hydrogen (secondary N) is 1. The summed E-state index contributed by atoms with van der Waals surface area (Å²) in [6.45, 7) is 4.92. The van der Waals surface area contributed by atoms with E-state index in [4.69, 9.17) is 15.2 Å². The van der Waals surface area contributed by atoms with Crippen LogP contribution in [0, 0.1) is 5.92 Å². The highest BCUT2D eigenvalue weighted by molar-refractivity contribution is 6.01. The highest BCUT2D eigenvalue weighted by atomic mass is 16.5. The summed E-state index contributed by atoms with van der Waals surface area (Å²) in [6, 6.07) is 5.79. The van der Waals surface area contributed by atoms with Gasteiger partial charge in [0.1, 0.15) is 17.6 Å². The van der Waals surface area contributed by atoms with Gasteiger partial charge in [-0.25, -0.2) is 0 Å². The number of carbonyl (C=O) groups is 1. The molecule has 1 aliphatic heterocycles. The topological polar surface area (TPSA) is 86.5 Å². The molecule has 2 aromatic rings. The Kier molecular flexibility index (Phi) is 4.00. The molecule has 1 aliphatic carbocycles. The van der Waals surface area contributed by atoms with Gasteiger partial charge >= 0.3 is 0 Å². The number of carbonyl (C=O) groups excluding carboxylic acids is 1. The third-order valence-electron chi connectivity index (χ3n) is 4.98. The zero-order valence-corrected chi connectivity index (χ0v) is 14.5. The van der Waals surface area contributed by atoms with Crippen LogP contribution >= 0.6 is 0 Å². The van der Waals surface area contributed by atoms with Crippen molar-refractivity contribution < 1.29 is 14.3 Å². The number of piperidine rings is 1. The van der Waals surface area contributed by atoms with Crippen LogP contribution in [-0.4, -0.2) is 35.7 Å². The van der Waals surface area contributed by atoms with Crippen molar-refractivity contribution in [3.8, 4) is 11.5 Å². The van der Waals surface area contributed by atoms with Gasteiger partial charge < -0.3 is 20.5 Å². The van der Waals surface area contributed by atoms with Gasteiger partial charge in [-0.15, -0.1) is 0 Å². The van der Waals surface area contributed by atoms with Gasteiger partial charge in [0.15, 0.2) is 0 Å². The number of pyridine rings is 1. The number of nitrogens with zero attached hydrogens (tertiary/aromatic N) is 1. The quantitative estimate of drug-likeness (QED) is 0.871. The minimum absolute atomic E-state index is 0.0636. The number of ether oxygens (including phenoxy) is 2. The monoisotopic (exact) mass is 341 g/mol. The van der Waals surface area contributed by atoms with E-state index in [0.29, 0.717) is 28.8 Å². The number of primary amides is 1. The normalized spacial score (nSPS) is 24.8. The van der Waals surface area contributed by atoms with Gasteiger partial charge in [-0.05, 0) is 57.4 Å². The van der Waals surface area contributed by atoms with E-state index in [1.54, 1.807) is 12.3 Å². The van der Waals surface area contributed by atoms with Crippen molar-refractivity contribution >= 4 is 16.8 Å². The molecule has 6 nitrogen and oxygen atoms in total. The first kappa shape index (κ1) is 16.1. The van der Waals surface area contributed by atoms with Crippen LogP contribution in [0.2, 0.25) is 0 Å². The Morgan fingerprint density at radius 3 is 2.80 bits per heavy atom. The Bertz CT molecular complexity index is 821. The van der Waals surface area contributed by atoms with Crippen LogP contribution < -0.4 is 20.5 Å². The summed E-state index contributed by atoms with van der Waals surface area (Å²) in [5.41, 5.74) is 6.53. The van der Waals surface area contributed by atoms with Crippen LogP contribution in [0.1, 0.15) is 37.0 Å². The smallest absolute Gasteiger partial charge is 0.252 e. The number of aromatic nitrogens is 1. The average molecular weight is 341 g/mol. The van der Waals surface area contributed by atoms with E-state index < -0.39 is 5.91 Å². The van der Waals surface area contributed by atoms with Crippen LogP contribution in [0.4, 0.5) is 0 Å². The fourth-order valence-corrected chi connectivity index (χ4v) is 3.89. The number of hydrogen-bond acceptors (Lipinski definition) is 5. The van der Waals surface area contributed by atoms with Crippen LogP contribution in [0.25, 0.3) is 10.9 Å². The summed E-state index contributed by atoms with van der Waals surface area (Å²) in [5, 5.41) is 4.35. The molecule has 4 rings (SSSR count). The van der Waals surface area contributed by atoms with E-state index >= 15 is 0 Å². The van der Waals surface area contributed by atoms with Crippen LogP contribution in [0.5, 0.6) is 11.5 Å². The first-order valence-corrected chi connectivity index (χ1v) is 8.80. The van der Waals surface area contributed by atoms with Crippen LogP contribution in [0.15, 0.2) is 24.4 Å². The predicted octanol–water partition coefficient (Wildman–Crippen LogP) is 2.25. The molecule has 1 saturated carbocycles. The summed E-state index contributed by atoms with van der Waals surface area (Å²) in [4.78, 5) is 16.1. The Morgan fingerprint density at radius 1 is 1.32 bits per heavy atom. The zero-order chi connectivity index (χ0) is 17.6. The molecule has 2 heterocycles. The maximum Gasteiger partial charge on any atom is 0.252 e. The number of amides is 1. The molecule has 25 heavy (non-hydrogen) atoms. The van der Waals surface area contributed by atoms with Crippen molar-refractivity contribution in [2.75, 3.05) is 6.54 Å². The van der Waals surface area contributed by atoms with E-state index in [1.165, 1.54) is 6.42 Å². The third-order valence-corrected chi connectivity index (χ3v) is 4.98. The molecule has 1 unspecified atom stereocenters. The fraction of sp³-hybridized carbons (Fsp3) is 0.474. The molecule has 3 N–H and O–H groups in total. The number of nitrogens with two attached hydrogens (primary N) is 1. The molecule has 1 saturated heterocycles. The molecule has 2 fully saturated rings. The Labute approximate surface area is 146 Å². The lowest BCUT2D eigenvalue weighted by Crippen LogP contribution is -2.40. The van der Waals surface area contributed by atoms with Crippen molar-refractivity contribution in [3.63, 3.8) is 0 Å². The number of fused-ring (bicyclic) bond motifs is 3. The first-order chi connectivity index (χ1) is 12.0. The first-order valence-electron chi connectivity index (χ1n) is 8.80. The average Bonchev–Trinajstić information content (AvgIpc) is 3.17. The Hall–Kier alpha value is -2.34. The Morgan fingerprint density at radius 2 is 2.16 bits per heavy atom. The van der Waals surface area contributed by atoms with Crippen molar-refractivity contribution in [1.82, 2.24) is 10.3 Å². The van der Waals surface area contributed by atoms with E-state index in [-0.39, 0.29) is 12.2 Å². The molecule has 1 aromatic carbocycles. The molecule has 3 atom stereocenters. The lowest BCUT2D eigenvalue weighted by molar-refractivity contribution is 0.0994. The van der Waals surface area contributed by atoms with Crippen molar-refractivity contribution in [2.24, 2.45) is 11.7 Å². The Balaban J connectivity index is 1.73. The molecule has 6 heteroatoms. The van der Waals surface area contributed by atoms with E-state index in [9.17, 15) is 4.79 Å². The van der Waals surface area contributed by atoms with Crippen molar-refractivity contribution in [2.45, 2.75) is 44.9 Å². The van der Waals surface area contributed by atoms with Crippen molar-refractivity contribution in [1.29, 1.82) is 0 Å². The lowest BCUT2D eigenvalue weighted by Gasteiger charge is -2.25. The summed E-state index contributed by atoms with van der Waals surface area (Å²) in [7, 11) is 0. The summed E-state index contributed by atoms with van der Waals surface area (Å²) in [6.07, 6.45) is 4.07. The van der Waals surface area contributed by atoms with Crippen LogP contribution in [0.3, 0.4) is 0 Å². The second kappa shape index (κ2) is 6.19. The standard InChI is InChI=1S/C19H23N3O3/c1-10(2)24-17-8-12-14(7-13(17)19(20)23)21-4-3-16(12)25-18-6-11-5-15(18)22-9-11/h3-4,7-8,10-11,15,18,22H,5-6,9H2,1-2H3,(H2,20,23)/t11-,15+,18?/m1/s1. The van der Waals surface area contributed by atoms with Gasteiger partial charge in [-0.3, -0.25) is 9.78 Å². The summed E-state index contributed by atoms with van der Waals surface area (Å²) in [5.74, 6) is 1.43. The molecule has 132 valence electrons. The zero-order valence-electron chi connectivity index (χ0n) is 14.5. The molecule has 0 radical (unpaired) electrons. The van der Waals surface area contributed by atoms with Gasteiger partial charge in [0.25, 0.3) is 5.91 Å². The minimum atomic E-state index is -0.525. The fourth-order valence-electron chi connectivity index (χ4n) is 3.89. The second-order valence-corrected chi connectivity index (χ2v) is 7.21. The SMILES string of the molecule is CC(C)Oc1cc2c(OC3C[C@@H]4CN[C@H]3C4)ccnc2cc1C(N)=O. The van der Waals surface area contributed by atoms with Crippen molar-refractivity contribution in [3.05, 3.63) is 30.0 Å². The number of rotatable bonds is 5. The highest BCUT2D eigenvalue weighted by Crippen LogP contribution is 2.37. The lowest BCUT2D eigenvalue weighted by atomic mass is 10.1. The molecule has 1 aromatic heterocycles. The predicted molar refractivity (Wildman–Crippen MR) is 95.0 cm³/mol. The number of hydrogen-bond donors (Lipinski definition) is 2. The number of benzene rings is 1. The molecule has 2 aliphatic rings. The molecule has 2 bridgehead atoms.